The van der Waals surface area contributed by atoms with E-state index in [2.05, 4.69) is 16.0 Å². The minimum absolute atomic E-state index is 0.124. The summed E-state index contributed by atoms with van der Waals surface area (Å²) in [5.74, 6) is -1.26. The first-order chi connectivity index (χ1) is 16.9. The Kier molecular flexibility index (Phi) is 5.72. The number of nitriles is 1. The van der Waals surface area contributed by atoms with Gasteiger partial charge in [-0.3, -0.25) is 4.79 Å². The number of benzene rings is 1. The van der Waals surface area contributed by atoms with Gasteiger partial charge >= 0.3 is 0 Å². The van der Waals surface area contributed by atoms with Gasteiger partial charge in [-0.15, -0.1) is 0 Å². The minimum atomic E-state index is -0.989. The Morgan fingerprint density at radius 2 is 1.91 bits per heavy atom. The van der Waals surface area contributed by atoms with Crippen LogP contribution in [-0.2, 0) is 4.79 Å². The molecule has 1 fully saturated rings. The number of hydrogen-bond donors (Lipinski definition) is 0. The van der Waals surface area contributed by atoms with E-state index in [9.17, 15) is 18.8 Å². The zero-order chi connectivity index (χ0) is 24.7. The number of hydrogen-bond acceptors (Lipinski definition) is 7. The molecule has 0 radical (unpaired) electrons. The predicted octanol–water partition coefficient (Wildman–Crippen LogP) is 3.98. The summed E-state index contributed by atoms with van der Waals surface area (Å²) in [6.45, 7) is 5.44. The molecule has 1 saturated heterocycles. The molecule has 4 aromatic rings. The van der Waals surface area contributed by atoms with E-state index in [1.165, 1.54) is 12.6 Å². The van der Waals surface area contributed by atoms with Gasteiger partial charge in [0.05, 0.1) is 23.6 Å². The summed E-state index contributed by atoms with van der Waals surface area (Å²) >= 11 is 0. The minimum Gasteiger partial charge on any atom is -0.459 e. The molecule has 0 saturated carbocycles. The summed E-state index contributed by atoms with van der Waals surface area (Å²) in [5, 5.41) is 9.51. The summed E-state index contributed by atoms with van der Waals surface area (Å²) in [7, 11) is 0. The third kappa shape index (κ3) is 4.01. The third-order valence-corrected chi connectivity index (χ3v) is 6.13. The van der Waals surface area contributed by atoms with Crippen LogP contribution < -0.4 is 4.90 Å². The second-order valence-electron chi connectivity index (χ2n) is 8.67. The number of carbonyl (C=O) groups excluding carboxylic acids is 1. The second-order valence-corrected chi connectivity index (χ2v) is 8.67. The lowest BCUT2D eigenvalue weighted by molar-refractivity contribution is -0.136. The Morgan fingerprint density at radius 1 is 1.17 bits per heavy atom. The zero-order valence-corrected chi connectivity index (χ0v) is 19.1. The van der Waals surface area contributed by atoms with Crippen molar-refractivity contribution in [1.82, 2.24) is 19.4 Å². The third-order valence-electron chi connectivity index (χ3n) is 6.13. The molecule has 0 N–H and O–H groups in total. The van der Waals surface area contributed by atoms with E-state index in [1.54, 1.807) is 21.6 Å². The first kappa shape index (κ1) is 22.6. The van der Waals surface area contributed by atoms with Gasteiger partial charge < -0.3 is 23.2 Å². The van der Waals surface area contributed by atoms with Crippen LogP contribution in [0.4, 0.5) is 14.7 Å². The standard InChI is InChI=1S/C24H22F2N6O3/c1-14(2)21(32-13-28-17-10-15(25)16(26)11-19(17)32)23(33)30-5-7-31(8-6-30)24-18(12-27)29-22(35-24)20-4-3-9-34-20/h3-4,9-11,13-14,21H,5-8H2,1-2H3. The largest absolute Gasteiger partial charge is 0.459 e. The summed E-state index contributed by atoms with van der Waals surface area (Å²) in [6.07, 6.45) is 2.95. The number of piperazine rings is 1. The fourth-order valence-corrected chi connectivity index (χ4v) is 4.39. The number of furan rings is 1. The molecular weight excluding hydrogens is 458 g/mol. The molecule has 1 aliphatic rings. The molecule has 0 spiro atoms. The highest BCUT2D eigenvalue weighted by atomic mass is 19.2. The molecule has 0 aliphatic carbocycles. The highest BCUT2D eigenvalue weighted by Crippen LogP contribution is 2.31. The van der Waals surface area contributed by atoms with Crippen LogP contribution in [-0.4, -0.2) is 51.5 Å². The first-order valence-electron chi connectivity index (χ1n) is 11.2. The Labute approximate surface area is 199 Å². The molecule has 1 amide bonds. The highest BCUT2D eigenvalue weighted by molar-refractivity contribution is 5.84. The monoisotopic (exact) mass is 480 g/mol. The average Bonchev–Trinajstić information content (AvgIpc) is 3.60. The number of amides is 1. The molecule has 0 bridgehead atoms. The van der Waals surface area contributed by atoms with Gasteiger partial charge in [-0.05, 0) is 18.1 Å². The number of imidazole rings is 1. The maximum absolute atomic E-state index is 13.9. The lowest BCUT2D eigenvalue weighted by atomic mass is 10.0. The van der Waals surface area contributed by atoms with Crippen molar-refractivity contribution in [2.75, 3.05) is 31.1 Å². The number of aromatic nitrogens is 3. The average molecular weight is 480 g/mol. The van der Waals surface area contributed by atoms with E-state index in [1.807, 2.05) is 18.7 Å². The smallest absolute Gasteiger partial charge is 0.266 e. The number of nitrogens with zero attached hydrogens (tertiary/aromatic N) is 6. The molecule has 180 valence electrons. The maximum Gasteiger partial charge on any atom is 0.266 e. The van der Waals surface area contributed by atoms with Crippen LogP contribution in [0.3, 0.4) is 0 Å². The van der Waals surface area contributed by atoms with Gasteiger partial charge in [0.2, 0.25) is 17.5 Å². The lowest BCUT2D eigenvalue weighted by Gasteiger charge is -2.37. The van der Waals surface area contributed by atoms with E-state index in [-0.39, 0.29) is 28.9 Å². The van der Waals surface area contributed by atoms with Gasteiger partial charge in [-0.25, -0.2) is 13.8 Å². The molecule has 1 aromatic carbocycles. The van der Waals surface area contributed by atoms with Gasteiger partial charge in [-0.1, -0.05) is 13.8 Å². The maximum atomic E-state index is 13.9. The molecule has 35 heavy (non-hydrogen) atoms. The van der Waals surface area contributed by atoms with Crippen molar-refractivity contribution < 1.29 is 22.4 Å². The van der Waals surface area contributed by atoms with Crippen molar-refractivity contribution in [2.24, 2.45) is 5.92 Å². The fourth-order valence-electron chi connectivity index (χ4n) is 4.39. The van der Waals surface area contributed by atoms with Crippen molar-refractivity contribution in [3.8, 4) is 17.7 Å². The summed E-state index contributed by atoms with van der Waals surface area (Å²) in [6, 6.07) is 6.91. The quantitative estimate of drug-likeness (QED) is 0.426. The van der Waals surface area contributed by atoms with Crippen LogP contribution in [0.25, 0.3) is 22.7 Å². The van der Waals surface area contributed by atoms with Gasteiger partial charge in [-0.2, -0.15) is 10.2 Å². The molecule has 11 heteroatoms. The molecule has 1 unspecified atom stereocenters. The number of oxazole rings is 1. The summed E-state index contributed by atoms with van der Waals surface area (Å²) in [5.41, 5.74) is 0.796. The summed E-state index contributed by atoms with van der Waals surface area (Å²) in [4.78, 5) is 25.5. The number of fused-ring (bicyclic) bond motifs is 1. The number of anilines is 1. The van der Waals surface area contributed by atoms with Crippen molar-refractivity contribution in [3.05, 3.63) is 54.2 Å². The van der Waals surface area contributed by atoms with E-state index in [0.29, 0.717) is 43.3 Å². The van der Waals surface area contributed by atoms with Crippen molar-refractivity contribution >= 4 is 22.8 Å². The van der Waals surface area contributed by atoms with Crippen LogP contribution in [0.5, 0.6) is 0 Å². The molecule has 4 heterocycles. The van der Waals surface area contributed by atoms with E-state index in [4.69, 9.17) is 8.83 Å². The van der Waals surface area contributed by atoms with Crippen molar-refractivity contribution in [2.45, 2.75) is 19.9 Å². The van der Waals surface area contributed by atoms with Crippen LogP contribution in [0, 0.1) is 28.9 Å². The van der Waals surface area contributed by atoms with Gasteiger partial charge in [0.1, 0.15) is 12.1 Å². The molecule has 9 nitrogen and oxygen atoms in total. The number of halogens is 2. The van der Waals surface area contributed by atoms with Crippen LogP contribution in [0.2, 0.25) is 0 Å². The Balaban J connectivity index is 1.35. The van der Waals surface area contributed by atoms with Gasteiger partial charge in [0.25, 0.3) is 5.89 Å². The highest BCUT2D eigenvalue weighted by Gasteiger charge is 2.33. The van der Waals surface area contributed by atoms with Crippen LogP contribution in [0.1, 0.15) is 25.6 Å². The predicted molar refractivity (Wildman–Crippen MR) is 121 cm³/mol. The molecule has 3 aromatic heterocycles. The van der Waals surface area contributed by atoms with Gasteiger partial charge in [0.15, 0.2) is 17.4 Å². The normalized spacial score (nSPS) is 15.1. The number of carbonyl (C=O) groups is 1. The van der Waals surface area contributed by atoms with E-state index in [0.717, 1.165) is 12.1 Å². The lowest BCUT2D eigenvalue weighted by Crippen LogP contribution is -2.51. The SMILES string of the molecule is CC(C)C(C(=O)N1CCN(c2oc(-c3ccco3)nc2C#N)CC1)n1cnc2cc(F)c(F)cc21. The Morgan fingerprint density at radius 3 is 2.57 bits per heavy atom. The first-order valence-corrected chi connectivity index (χ1v) is 11.2. The van der Waals surface area contributed by atoms with Crippen molar-refractivity contribution in [3.63, 3.8) is 0 Å². The molecule has 1 aliphatic heterocycles. The fraction of sp³-hybridized carbons (Fsp3) is 0.333. The van der Waals surface area contributed by atoms with Gasteiger partial charge in [0, 0.05) is 38.3 Å². The second kappa shape index (κ2) is 8.87. The topological polar surface area (TPSA) is 104 Å². The zero-order valence-electron chi connectivity index (χ0n) is 19.1. The van der Waals surface area contributed by atoms with E-state index >= 15 is 0 Å². The van der Waals surface area contributed by atoms with E-state index < -0.39 is 17.7 Å². The Bertz CT molecular complexity index is 1410. The molecule has 5 rings (SSSR count). The number of rotatable bonds is 5. The Hall–Kier alpha value is -4.20. The van der Waals surface area contributed by atoms with Crippen molar-refractivity contribution in [1.29, 1.82) is 5.26 Å². The van der Waals surface area contributed by atoms with Crippen LogP contribution in [0.15, 0.2) is 45.7 Å². The molecular formula is C24H22F2N6O3. The molecule has 1 atom stereocenters. The van der Waals surface area contributed by atoms with Crippen LogP contribution >= 0.6 is 0 Å². The summed E-state index contributed by atoms with van der Waals surface area (Å²) < 4.78 is 40.3.